The van der Waals surface area contributed by atoms with E-state index < -0.39 is 41.5 Å². The molecule has 0 bridgehead atoms. The van der Waals surface area contributed by atoms with E-state index in [9.17, 15) is 18.0 Å². The number of hydrogen-bond donors (Lipinski definition) is 2. The van der Waals surface area contributed by atoms with Crippen molar-refractivity contribution in [2.24, 2.45) is 16.5 Å². The Morgan fingerprint density at radius 1 is 1.39 bits per heavy atom. The van der Waals surface area contributed by atoms with Crippen LogP contribution >= 0.6 is 12.4 Å². The third kappa shape index (κ3) is 3.28. The number of rotatable bonds is 3. The van der Waals surface area contributed by atoms with Crippen molar-refractivity contribution in [3.05, 3.63) is 35.1 Å². The van der Waals surface area contributed by atoms with E-state index in [2.05, 4.69) is 4.99 Å². The Labute approximate surface area is 137 Å². The van der Waals surface area contributed by atoms with Crippen molar-refractivity contribution in [1.82, 2.24) is 0 Å². The molecule has 0 aliphatic carbocycles. The molecule has 1 atom stereocenters. The number of aliphatic imine (C=N–C) groups is 1. The molecule has 1 aromatic rings. The van der Waals surface area contributed by atoms with Crippen LogP contribution in [0.1, 0.15) is 29.8 Å². The first-order valence-corrected chi connectivity index (χ1v) is 6.48. The van der Waals surface area contributed by atoms with Crippen molar-refractivity contribution >= 4 is 24.1 Å². The molecule has 9 heteroatoms. The van der Waals surface area contributed by atoms with Crippen LogP contribution in [0.15, 0.2) is 23.2 Å². The van der Waals surface area contributed by atoms with Crippen molar-refractivity contribution in [2.75, 3.05) is 6.61 Å². The molecule has 128 valence electrons. The van der Waals surface area contributed by atoms with Gasteiger partial charge < -0.3 is 16.2 Å². The Balaban J connectivity index is 0.00000264. The topological polar surface area (TPSA) is 90.7 Å². The molecular formula is C14H17ClF3N3O2. The summed E-state index contributed by atoms with van der Waals surface area (Å²) in [5.41, 5.74) is 6.88. The lowest BCUT2D eigenvalue weighted by Crippen LogP contribution is -2.53. The van der Waals surface area contributed by atoms with Crippen LogP contribution in [-0.2, 0) is 10.3 Å². The smallest absolute Gasteiger partial charge is 0.269 e. The second-order valence-electron chi connectivity index (χ2n) is 5.58. The van der Waals surface area contributed by atoms with Crippen molar-refractivity contribution in [3.63, 3.8) is 0 Å². The molecule has 1 amide bonds. The molecule has 5 nitrogen and oxygen atoms in total. The number of hydrogen-bond acceptors (Lipinski definition) is 4. The first-order valence-electron chi connectivity index (χ1n) is 6.48. The lowest BCUT2D eigenvalue weighted by atomic mass is 9.87. The summed E-state index contributed by atoms with van der Waals surface area (Å²) in [6, 6.07) is 2.97. The summed E-state index contributed by atoms with van der Waals surface area (Å²) in [5.74, 6) is -1.98. The lowest BCUT2D eigenvalue weighted by molar-refractivity contribution is -0.0662. The van der Waals surface area contributed by atoms with Crippen LogP contribution in [0.3, 0.4) is 0 Å². The maximum Gasteiger partial charge on any atom is 0.269 e. The maximum atomic E-state index is 14.1. The van der Waals surface area contributed by atoms with Gasteiger partial charge >= 0.3 is 0 Å². The number of alkyl halides is 2. The highest BCUT2D eigenvalue weighted by molar-refractivity contribution is 5.93. The zero-order valence-electron chi connectivity index (χ0n) is 12.5. The molecule has 0 fully saturated rings. The fourth-order valence-electron chi connectivity index (χ4n) is 2.12. The number of halogens is 4. The third-order valence-corrected chi connectivity index (χ3v) is 3.67. The Morgan fingerprint density at radius 2 is 2.00 bits per heavy atom. The largest absolute Gasteiger partial charge is 0.385 e. The van der Waals surface area contributed by atoms with Gasteiger partial charge in [0.05, 0.1) is 6.61 Å². The molecule has 2 rings (SSSR count). The van der Waals surface area contributed by atoms with Gasteiger partial charge in [-0.25, -0.2) is 18.2 Å². The number of ether oxygens (including phenoxy) is 1. The van der Waals surface area contributed by atoms with E-state index in [-0.39, 0.29) is 23.8 Å². The normalized spacial score (nSPS) is 23.1. The molecule has 0 aromatic heterocycles. The van der Waals surface area contributed by atoms with Crippen LogP contribution in [0.2, 0.25) is 0 Å². The zero-order valence-corrected chi connectivity index (χ0v) is 13.3. The second-order valence-corrected chi connectivity index (χ2v) is 5.58. The van der Waals surface area contributed by atoms with Gasteiger partial charge in [0, 0.05) is 11.1 Å². The van der Waals surface area contributed by atoms with Gasteiger partial charge in [-0.1, -0.05) is 0 Å². The molecule has 1 heterocycles. The summed E-state index contributed by atoms with van der Waals surface area (Å²) in [5, 5.41) is 0. The summed E-state index contributed by atoms with van der Waals surface area (Å²) in [4.78, 5) is 15.0. The van der Waals surface area contributed by atoms with Gasteiger partial charge in [-0.15, -0.1) is 12.4 Å². The minimum absolute atomic E-state index is 0. The molecule has 4 N–H and O–H groups in total. The third-order valence-electron chi connectivity index (χ3n) is 3.67. The lowest BCUT2D eigenvalue weighted by Gasteiger charge is -2.40. The number of amides is 1. The molecule has 0 spiro atoms. The van der Waals surface area contributed by atoms with Gasteiger partial charge in [0.1, 0.15) is 17.3 Å². The van der Waals surface area contributed by atoms with Crippen LogP contribution in [0.25, 0.3) is 0 Å². The maximum absolute atomic E-state index is 14.1. The number of carbonyl (C=O) groups is 1. The predicted octanol–water partition coefficient (Wildman–Crippen LogP) is 1.97. The van der Waals surface area contributed by atoms with Crippen LogP contribution in [0.4, 0.5) is 13.2 Å². The van der Waals surface area contributed by atoms with Crippen molar-refractivity contribution in [2.45, 2.75) is 31.4 Å². The number of benzene rings is 1. The van der Waals surface area contributed by atoms with Crippen molar-refractivity contribution < 1.29 is 22.7 Å². The summed E-state index contributed by atoms with van der Waals surface area (Å²) in [7, 11) is 0. The highest BCUT2D eigenvalue weighted by Crippen LogP contribution is 2.39. The predicted molar refractivity (Wildman–Crippen MR) is 81.5 cm³/mol. The van der Waals surface area contributed by atoms with Gasteiger partial charge in [0.2, 0.25) is 5.91 Å². The number of carbonyl (C=O) groups excluding carboxylic acids is 1. The molecule has 1 aromatic carbocycles. The molecule has 23 heavy (non-hydrogen) atoms. The highest BCUT2D eigenvalue weighted by atomic mass is 35.5. The fraction of sp³-hybridized carbons (Fsp3) is 0.429. The van der Waals surface area contributed by atoms with E-state index in [0.717, 1.165) is 18.2 Å². The van der Waals surface area contributed by atoms with E-state index in [1.54, 1.807) is 13.8 Å². The van der Waals surface area contributed by atoms with Gasteiger partial charge in [-0.2, -0.15) is 0 Å². The number of nitrogens with zero attached hydrogens (tertiary/aromatic N) is 1. The Morgan fingerprint density at radius 3 is 2.48 bits per heavy atom. The molecule has 1 aliphatic rings. The average Bonchev–Trinajstić information content (AvgIpc) is 2.42. The molecular weight excluding hydrogens is 335 g/mol. The van der Waals surface area contributed by atoms with E-state index in [1.807, 2.05) is 0 Å². The highest BCUT2D eigenvalue weighted by Gasteiger charge is 2.49. The van der Waals surface area contributed by atoms with E-state index in [4.69, 9.17) is 16.2 Å². The zero-order chi connectivity index (χ0) is 16.7. The fourth-order valence-corrected chi connectivity index (χ4v) is 2.12. The number of primary amides is 1. The van der Waals surface area contributed by atoms with Gasteiger partial charge in [-0.05, 0) is 32.0 Å². The van der Waals surface area contributed by atoms with Crippen LogP contribution in [-0.4, -0.2) is 30.4 Å². The molecule has 1 aliphatic heterocycles. The van der Waals surface area contributed by atoms with Gasteiger partial charge in [0.15, 0.2) is 5.54 Å². The van der Waals surface area contributed by atoms with Crippen LogP contribution in [0.5, 0.6) is 0 Å². The van der Waals surface area contributed by atoms with Crippen molar-refractivity contribution in [3.8, 4) is 0 Å². The standard InChI is InChI=1S/C14H16F3N3O2.ClH/c1-13(2)12(19)20-14(6-22-13,11(16)17)8-5-7(10(18)21)3-4-9(8)15;/h3-5,11H,6H2,1-2H3,(H2,18,21)(H2,19,20);1H. The quantitative estimate of drug-likeness (QED) is 0.872. The van der Waals surface area contributed by atoms with Crippen LogP contribution < -0.4 is 11.5 Å². The van der Waals surface area contributed by atoms with Gasteiger partial charge in [-0.3, -0.25) is 4.79 Å². The summed E-state index contributed by atoms with van der Waals surface area (Å²) >= 11 is 0. The molecule has 0 saturated heterocycles. The van der Waals surface area contributed by atoms with E-state index >= 15 is 0 Å². The van der Waals surface area contributed by atoms with Crippen molar-refractivity contribution in [1.29, 1.82) is 0 Å². The molecule has 0 radical (unpaired) electrons. The first-order chi connectivity index (χ1) is 10.1. The SMILES string of the molecule is CC1(C)OCC(c2cc(C(N)=O)ccc2F)(C(F)F)N=C1N.Cl. The summed E-state index contributed by atoms with van der Waals surface area (Å²) in [6.45, 7) is 2.56. The summed E-state index contributed by atoms with van der Waals surface area (Å²) in [6.07, 6.45) is -3.08. The van der Waals surface area contributed by atoms with Gasteiger partial charge in [0.25, 0.3) is 6.43 Å². The minimum Gasteiger partial charge on any atom is -0.385 e. The Hall–Kier alpha value is -1.80. The monoisotopic (exact) mass is 351 g/mol. The Bertz CT molecular complexity index is 652. The minimum atomic E-state index is -3.08. The molecule has 1 unspecified atom stereocenters. The first kappa shape index (κ1) is 19.2. The summed E-state index contributed by atoms with van der Waals surface area (Å²) < 4.78 is 46.8. The van der Waals surface area contributed by atoms with Crippen LogP contribution in [0, 0.1) is 5.82 Å². The Kier molecular flexibility index (Phi) is 5.33. The van der Waals surface area contributed by atoms with E-state index in [1.165, 1.54) is 0 Å². The molecule has 0 saturated carbocycles. The number of amidine groups is 1. The second kappa shape index (κ2) is 6.37. The number of nitrogens with two attached hydrogens (primary N) is 2. The average molecular weight is 352 g/mol. The van der Waals surface area contributed by atoms with E-state index in [0.29, 0.717) is 0 Å².